The predicted octanol–water partition coefficient (Wildman–Crippen LogP) is 1.23. The van der Waals surface area contributed by atoms with Crippen molar-refractivity contribution in [2.24, 2.45) is 0 Å². The second-order valence-corrected chi connectivity index (χ2v) is 3.19. The summed E-state index contributed by atoms with van der Waals surface area (Å²) < 4.78 is 0. The van der Waals surface area contributed by atoms with Crippen LogP contribution in [0.4, 0.5) is 0 Å². The van der Waals surface area contributed by atoms with Crippen molar-refractivity contribution in [3.63, 3.8) is 0 Å². The summed E-state index contributed by atoms with van der Waals surface area (Å²) >= 11 is 5.35. The number of carbonyl (C=O) groups is 2. The van der Waals surface area contributed by atoms with Gasteiger partial charge in [0, 0.05) is 5.56 Å². The van der Waals surface area contributed by atoms with Crippen LogP contribution in [-0.4, -0.2) is 27.8 Å². The molecule has 80 valence electrons. The summed E-state index contributed by atoms with van der Waals surface area (Å²) in [4.78, 5) is 21.7. The first kappa shape index (κ1) is 11.7. The van der Waals surface area contributed by atoms with Crippen LogP contribution < -0.4 is 0 Å². The van der Waals surface area contributed by atoms with Gasteiger partial charge in [0.25, 0.3) is 0 Å². The molecule has 1 atom stereocenters. The van der Waals surface area contributed by atoms with Gasteiger partial charge in [0.2, 0.25) is 0 Å². The van der Waals surface area contributed by atoms with Crippen molar-refractivity contribution in [2.45, 2.75) is 6.10 Å². The van der Waals surface area contributed by atoms with Gasteiger partial charge in [0.15, 0.2) is 11.9 Å². The number of carboxylic acids is 1. The van der Waals surface area contributed by atoms with E-state index in [1.165, 1.54) is 24.3 Å². The molecule has 1 aromatic carbocycles. The molecular formula is C10H9ClO4. The van der Waals surface area contributed by atoms with Crippen molar-refractivity contribution in [2.75, 3.05) is 5.88 Å². The summed E-state index contributed by atoms with van der Waals surface area (Å²) in [5.41, 5.74) is 0.460. The topological polar surface area (TPSA) is 74.6 Å². The van der Waals surface area contributed by atoms with E-state index in [2.05, 4.69) is 0 Å². The lowest BCUT2D eigenvalue weighted by molar-refractivity contribution is -0.146. The molecule has 0 bridgehead atoms. The maximum atomic E-state index is 11.2. The van der Waals surface area contributed by atoms with E-state index in [4.69, 9.17) is 16.7 Å². The third-order valence-electron chi connectivity index (χ3n) is 1.88. The summed E-state index contributed by atoms with van der Waals surface area (Å²) in [5.74, 6) is -1.84. The van der Waals surface area contributed by atoms with Gasteiger partial charge in [0.05, 0.1) is 5.88 Å². The van der Waals surface area contributed by atoms with Crippen LogP contribution in [0.5, 0.6) is 0 Å². The van der Waals surface area contributed by atoms with E-state index in [0.29, 0.717) is 5.56 Å². The second kappa shape index (κ2) is 4.91. The molecule has 4 nitrogen and oxygen atoms in total. The Morgan fingerprint density at radius 3 is 2.60 bits per heavy atom. The largest absolute Gasteiger partial charge is 0.479 e. The zero-order chi connectivity index (χ0) is 11.4. The molecule has 5 heteroatoms. The van der Waals surface area contributed by atoms with Gasteiger partial charge in [-0.1, -0.05) is 18.2 Å². The lowest BCUT2D eigenvalue weighted by Gasteiger charge is -2.06. The van der Waals surface area contributed by atoms with Gasteiger partial charge < -0.3 is 10.2 Å². The molecule has 0 aromatic heterocycles. The minimum Gasteiger partial charge on any atom is -0.479 e. The molecule has 0 radical (unpaired) electrons. The van der Waals surface area contributed by atoms with E-state index >= 15 is 0 Å². The maximum absolute atomic E-state index is 11.2. The number of benzene rings is 1. The fraction of sp³-hybridized carbons (Fsp3) is 0.200. The lowest BCUT2D eigenvalue weighted by atomic mass is 10.0. The van der Waals surface area contributed by atoms with E-state index in [-0.39, 0.29) is 17.2 Å². The Hall–Kier alpha value is -1.39. The number of aliphatic hydroxyl groups is 1. The Bertz CT molecular complexity index is 389. The van der Waals surface area contributed by atoms with Gasteiger partial charge in [-0.15, -0.1) is 11.6 Å². The standard InChI is InChI=1S/C10H9ClO4/c11-5-8(12)6-2-1-3-7(4-6)9(13)10(14)15/h1-4,9,13H,5H2,(H,14,15). The summed E-state index contributed by atoms with van der Waals surface area (Å²) in [6, 6.07) is 5.78. The van der Waals surface area contributed by atoms with Crippen molar-refractivity contribution < 1.29 is 19.8 Å². The van der Waals surface area contributed by atoms with Gasteiger partial charge >= 0.3 is 5.97 Å². The SMILES string of the molecule is O=C(CCl)c1cccc(C(O)C(=O)O)c1. The van der Waals surface area contributed by atoms with Crippen LogP contribution in [0.25, 0.3) is 0 Å². The number of alkyl halides is 1. The molecule has 1 unspecified atom stereocenters. The molecule has 0 heterocycles. The van der Waals surface area contributed by atoms with Gasteiger partial charge in [0.1, 0.15) is 0 Å². The number of aliphatic carboxylic acids is 1. The number of carbonyl (C=O) groups excluding carboxylic acids is 1. The summed E-state index contributed by atoms with van der Waals surface area (Å²) in [6.07, 6.45) is -1.62. The molecule has 0 aliphatic rings. The molecular weight excluding hydrogens is 220 g/mol. The van der Waals surface area contributed by atoms with E-state index < -0.39 is 12.1 Å². The third-order valence-corrected chi connectivity index (χ3v) is 2.12. The molecule has 0 fully saturated rings. The van der Waals surface area contributed by atoms with E-state index in [1.807, 2.05) is 0 Å². The minimum absolute atomic E-state index is 0.165. The Morgan fingerprint density at radius 1 is 1.40 bits per heavy atom. The maximum Gasteiger partial charge on any atom is 0.337 e. The summed E-state index contributed by atoms with van der Waals surface area (Å²) in [6.45, 7) is 0. The Balaban J connectivity index is 3.02. The normalized spacial score (nSPS) is 12.1. The van der Waals surface area contributed by atoms with Crippen LogP contribution in [0.3, 0.4) is 0 Å². The number of Topliss-reactive ketones (excluding diaryl/α,β-unsaturated/α-hetero) is 1. The zero-order valence-corrected chi connectivity index (χ0v) is 8.44. The number of rotatable bonds is 4. The first-order valence-corrected chi connectivity index (χ1v) is 4.69. The molecule has 0 spiro atoms. The highest BCUT2D eigenvalue weighted by atomic mass is 35.5. The number of ketones is 1. The number of hydrogen-bond donors (Lipinski definition) is 2. The van der Waals surface area contributed by atoms with Gasteiger partial charge in [-0.2, -0.15) is 0 Å². The third kappa shape index (κ3) is 2.78. The van der Waals surface area contributed by atoms with Gasteiger partial charge in [-0.3, -0.25) is 4.79 Å². The first-order chi connectivity index (χ1) is 7.06. The molecule has 0 aliphatic carbocycles. The van der Waals surface area contributed by atoms with Gasteiger partial charge in [-0.05, 0) is 11.6 Å². The Labute approximate surface area is 91.1 Å². The van der Waals surface area contributed by atoms with Crippen molar-refractivity contribution >= 4 is 23.4 Å². The van der Waals surface area contributed by atoms with Crippen molar-refractivity contribution in [3.8, 4) is 0 Å². The van der Waals surface area contributed by atoms with Gasteiger partial charge in [-0.25, -0.2) is 4.79 Å². The number of aliphatic hydroxyl groups excluding tert-OH is 1. The number of halogens is 1. The van der Waals surface area contributed by atoms with Crippen LogP contribution in [0.1, 0.15) is 22.0 Å². The highest BCUT2D eigenvalue weighted by molar-refractivity contribution is 6.30. The first-order valence-electron chi connectivity index (χ1n) is 4.16. The molecule has 0 amide bonds. The molecule has 1 rings (SSSR count). The zero-order valence-electron chi connectivity index (χ0n) is 7.68. The van der Waals surface area contributed by atoms with E-state index in [0.717, 1.165) is 0 Å². The van der Waals surface area contributed by atoms with Crippen LogP contribution in [0.15, 0.2) is 24.3 Å². The Morgan fingerprint density at radius 2 is 2.07 bits per heavy atom. The van der Waals surface area contributed by atoms with Crippen molar-refractivity contribution in [1.29, 1.82) is 0 Å². The quantitative estimate of drug-likeness (QED) is 0.600. The van der Waals surface area contributed by atoms with E-state index in [9.17, 15) is 14.7 Å². The molecule has 0 aliphatic heterocycles. The fourth-order valence-corrected chi connectivity index (χ4v) is 1.26. The molecule has 0 saturated heterocycles. The average molecular weight is 229 g/mol. The number of hydrogen-bond acceptors (Lipinski definition) is 3. The molecule has 1 aromatic rings. The van der Waals surface area contributed by atoms with Crippen LogP contribution in [0, 0.1) is 0 Å². The lowest BCUT2D eigenvalue weighted by Crippen LogP contribution is -2.11. The van der Waals surface area contributed by atoms with Crippen LogP contribution in [-0.2, 0) is 4.79 Å². The second-order valence-electron chi connectivity index (χ2n) is 2.92. The predicted molar refractivity (Wildman–Crippen MR) is 54.1 cm³/mol. The summed E-state index contributed by atoms with van der Waals surface area (Å²) in [5, 5.41) is 17.8. The fourth-order valence-electron chi connectivity index (χ4n) is 1.10. The van der Waals surface area contributed by atoms with Crippen molar-refractivity contribution in [3.05, 3.63) is 35.4 Å². The Kier molecular flexibility index (Phi) is 3.82. The molecule has 2 N–H and O–H groups in total. The van der Waals surface area contributed by atoms with Crippen molar-refractivity contribution in [1.82, 2.24) is 0 Å². The molecule has 0 saturated carbocycles. The van der Waals surface area contributed by atoms with Crippen LogP contribution in [0.2, 0.25) is 0 Å². The smallest absolute Gasteiger partial charge is 0.337 e. The highest BCUT2D eigenvalue weighted by Crippen LogP contribution is 2.15. The van der Waals surface area contributed by atoms with Crippen LogP contribution >= 0.6 is 11.6 Å². The molecule has 15 heavy (non-hydrogen) atoms. The minimum atomic E-state index is -1.62. The highest BCUT2D eigenvalue weighted by Gasteiger charge is 2.16. The van der Waals surface area contributed by atoms with E-state index in [1.54, 1.807) is 0 Å². The summed E-state index contributed by atoms with van der Waals surface area (Å²) in [7, 11) is 0. The monoisotopic (exact) mass is 228 g/mol. The average Bonchev–Trinajstić information content (AvgIpc) is 2.27. The number of carboxylic acid groups (broad SMARTS) is 1.